The predicted molar refractivity (Wildman–Crippen MR) is 57.3 cm³/mol. The van der Waals surface area contributed by atoms with Gasteiger partial charge >= 0.3 is 5.97 Å². The summed E-state index contributed by atoms with van der Waals surface area (Å²) in [6, 6.07) is 5.33. The number of amides is 1. The Balaban J connectivity index is 2.37. The third kappa shape index (κ3) is 1.87. The lowest BCUT2D eigenvalue weighted by atomic mass is 10.1. The van der Waals surface area contributed by atoms with Crippen molar-refractivity contribution in [3.63, 3.8) is 0 Å². The number of carbonyl (C=O) groups excluding carboxylic acids is 2. The second-order valence-electron chi connectivity index (χ2n) is 3.21. The van der Waals surface area contributed by atoms with Gasteiger partial charge in [0.05, 0.1) is 0 Å². The number of halogens is 1. The quantitative estimate of drug-likeness (QED) is 0.794. The molecule has 1 heterocycles. The van der Waals surface area contributed by atoms with E-state index in [1.54, 1.807) is 18.2 Å². The smallest absolute Gasteiger partial charge is 0.303 e. The van der Waals surface area contributed by atoms with Crippen LogP contribution in [0, 0.1) is 0 Å². The highest BCUT2D eigenvalue weighted by Crippen LogP contribution is 2.35. The predicted octanol–water partition coefficient (Wildman–Crippen LogP) is 2.01. The van der Waals surface area contributed by atoms with Crippen molar-refractivity contribution >= 4 is 33.5 Å². The molecule has 0 aliphatic carbocycles. The third-order valence-electron chi connectivity index (χ3n) is 2.08. The Kier molecular flexibility index (Phi) is 2.48. The van der Waals surface area contributed by atoms with Gasteiger partial charge < -0.3 is 10.1 Å². The Morgan fingerprint density at radius 1 is 1.53 bits per heavy atom. The Hall–Kier alpha value is -1.36. The average Bonchev–Trinajstić information content (AvgIpc) is 2.41. The number of rotatable bonds is 1. The maximum Gasteiger partial charge on any atom is 0.303 e. The van der Waals surface area contributed by atoms with Crippen molar-refractivity contribution in [2.45, 2.75) is 13.0 Å². The Morgan fingerprint density at radius 3 is 2.93 bits per heavy atom. The molecule has 1 aliphatic heterocycles. The van der Waals surface area contributed by atoms with Gasteiger partial charge in [-0.05, 0) is 12.1 Å². The largest absolute Gasteiger partial charge is 0.447 e. The van der Waals surface area contributed by atoms with Gasteiger partial charge in [0, 0.05) is 22.6 Å². The molecule has 1 aromatic rings. The summed E-state index contributed by atoms with van der Waals surface area (Å²) in [5.41, 5.74) is 1.37. The minimum Gasteiger partial charge on any atom is -0.447 e. The first-order chi connectivity index (χ1) is 7.08. The molecule has 0 fully saturated rings. The number of fused-ring (bicyclic) bond motifs is 1. The zero-order valence-corrected chi connectivity index (χ0v) is 9.50. The number of nitrogens with one attached hydrogen (secondary N) is 1. The minimum atomic E-state index is -0.814. The Bertz CT molecular complexity index is 444. The normalized spacial score (nSPS) is 18.3. The highest BCUT2D eigenvalue weighted by molar-refractivity contribution is 9.10. The van der Waals surface area contributed by atoms with E-state index in [1.165, 1.54) is 6.92 Å². The number of anilines is 1. The summed E-state index contributed by atoms with van der Waals surface area (Å²) in [6.45, 7) is 1.28. The lowest BCUT2D eigenvalue weighted by Crippen LogP contribution is -2.17. The molecule has 78 valence electrons. The Morgan fingerprint density at radius 2 is 2.27 bits per heavy atom. The van der Waals surface area contributed by atoms with Gasteiger partial charge in [-0.15, -0.1) is 0 Å². The van der Waals surface area contributed by atoms with Crippen LogP contribution in [0.5, 0.6) is 0 Å². The van der Waals surface area contributed by atoms with E-state index in [2.05, 4.69) is 21.2 Å². The van der Waals surface area contributed by atoms with Crippen LogP contribution in [0.1, 0.15) is 18.6 Å². The summed E-state index contributed by atoms with van der Waals surface area (Å²) in [5.74, 6) is -0.774. The molecule has 0 bridgehead atoms. The Labute approximate surface area is 94.7 Å². The summed E-state index contributed by atoms with van der Waals surface area (Å²) >= 11 is 3.30. The fourth-order valence-electron chi connectivity index (χ4n) is 1.49. The van der Waals surface area contributed by atoms with Crippen LogP contribution in [0.4, 0.5) is 5.69 Å². The van der Waals surface area contributed by atoms with Crippen molar-refractivity contribution in [2.75, 3.05) is 5.32 Å². The SMILES string of the molecule is CC(=O)O[C@H]1C(=O)Nc2cc(Br)ccc21. The average molecular weight is 270 g/mol. The van der Waals surface area contributed by atoms with E-state index >= 15 is 0 Å². The van der Waals surface area contributed by atoms with Gasteiger partial charge in [0.2, 0.25) is 6.10 Å². The maximum atomic E-state index is 11.5. The molecule has 0 aromatic heterocycles. The number of hydrogen-bond acceptors (Lipinski definition) is 3. The summed E-state index contributed by atoms with van der Waals surface area (Å²) in [5, 5.41) is 2.65. The lowest BCUT2D eigenvalue weighted by Gasteiger charge is -2.08. The van der Waals surface area contributed by atoms with Gasteiger partial charge in [-0.25, -0.2) is 0 Å². The van der Waals surface area contributed by atoms with Crippen molar-refractivity contribution in [1.29, 1.82) is 0 Å². The van der Waals surface area contributed by atoms with Crippen LogP contribution in [0.15, 0.2) is 22.7 Å². The molecular weight excluding hydrogens is 262 g/mol. The van der Waals surface area contributed by atoms with Crippen molar-refractivity contribution in [1.82, 2.24) is 0 Å². The molecule has 1 aromatic carbocycles. The zero-order chi connectivity index (χ0) is 11.0. The van der Waals surface area contributed by atoms with E-state index in [0.717, 1.165) is 4.47 Å². The van der Waals surface area contributed by atoms with E-state index < -0.39 is 12.1 Å². The molecule has 0 saturated carbocycles. The molecule has 5 heteroatoms. The van der Waals surface area contributed by atoms with E-state index in [4.69, 9.17) is 4.74 Å². The van der Waals surface area contributed by atoms with Crippen molar-refractivity contribution in [2.24, 2.45) is 0 Å². The fourth-order valence-corrected chi connectivity index (χ4v) is 1.85. The summed E-state index contributed by atoms with van der Waals surface area (Å²) < 4.78 is 5.79. The van der Waals surface area contributed by atoms with Crippen LogP contribution in [0.2, 0.25) is 0 Å². The molecule has 1 aliphatic rings. The molecule has 1 amide bonds. The first kappa shape index (κ1) is 10.2. The molecule has 0 radical (unpaired) electrons. The van der Waals surface area contributed by atoms with Crippen LogP contribution in [0.25, 0.3) is 0 Å². The summed E-state index contributed by atoms with van der Waals surface area (Å²) in [4.78, 5) is 22.3. The van der Waals surface area contributed by atoms with Crippen LogP contribution in [-0.2, 0) is 14.3 Å². The first-order valence-electron chi connectivity index (χ1n) is 4.35. The second kappa shape index (κ2) is 3.66. The van der Waals surface area contributed by atoms with Crippen molar-refractivity contribution in [3.05, 3.63) is 28.2 Å². The molecule has 15 heavy (non-hydrogen) atoms. The zero-order valence-electron chi connectivity index (χ0n) is 7.91. The molecule has 1 atom stereocenters. The number of ether oxygens (including phenoxy) is 1. The topological polar surface area (TPSA) is 55.4 Å². The first-order valence-corrected chi connectivity index (χ1v) is 5.15. The van der Waals surface area contributed by atoms with Gasteiger partial charge in [-0.2, -0.15) is 0 Å². The van der Waals surface area contributed by atoms with Gasteiger partial charge in [0.25, 0.3) is 5.91 Å². The third-order valence-corrected chi connectivity index (χ3v) is 2.57. The molecule has 0 saturated heterocycles. The second-order valence-corrected chi connectivity index (χ2v) is 4.13. The van der Waals surface area contributed by atoms with E-state index in [0.29, 0.717) is 11.3 Å². The lowest BCUT2D eigenvalue weighted by molar-refractivity contribution is -0.151. The number of esters is 1. The molecule has 0 spiro atoms. The van der Waals surface area contributed by atoms with E-state index in [-0.39, 0.29) is 5.91 Å². The molecular formula is C10H8BrNO3. The minimum absolute atomic E-state index is 0.307. The van der Waals surface area contributed by atoms with Crippen molar-refractivity contribution < 1.29 is 14.3 Å². The van der Waals surface area contributed by atoms with Gasteiger partial charge in [0.1, 0.15) is 0 Å². The fraction of sp³-hybridized carbons (Fsp3) is 0.200. The standard InChI is InChI=1S/C10H8BrNO3/c1-5(13)15-9-7-3-2-6(11)4-8(7)12-10(9)14/h2-4,9H,1H3,(H,12,14)/t9-/m1/s1. The highest BCUT2D eigenvalue weighted by atomic mass is 79.9. The van der Waals surface area contributed by atoms with Gasteiger partial charge in [0.15, 0.2) is 0 Å². The van der Waals surface area contributed by atoms with Crippen LogP contribution in [0.3, 0.4) is 0 Å². The van der Waals surface area contributed by atoms with E-state index in [9.17, 15) is 9.59 Å². The van der Waals surface area contributed by atoms with Crippen LogP contribution >= 0.6 is 15.9 Å². The summed E-state index contributed by atoms with van der Waals surface area (Å²) in [7, 11) is 0. The number of carbonyl (C=O) groups is 2. The van der Waals surface area contributed by atoms with Gasteiger partial charge in [-0.1, -0.05) is 22.0 Å². The molecule has 2 rings (SSSR count). The maximum absolute atomic E-state index is 11.5. The highest BCUT2D eigenvalue weighted by Gasteiger charge is 2.32. The van der Waals surface area contributed by atoms with Crippen molar-refractivity contribution in [3.8, 4) is 0 Å². The van der Waals surface area contributed by atoms with E-state index in [1.807, 2.05) is 0 Å². The number of benzene rings is 1. The molecule has 1 N–H and O–H groups in total. The number of hydrogen-bond donors (Lipinski definition) is 1. The molecule has 4 nitrogen and oxygen atoms in total. The van der Waals surface area contributed by atoms with Crippen LogP contribution in [-0.4, -0.2) is 11.9 Å². The monoisotopic (exact) mass is 269 g/mol. The molecule has 0 unspecified atom stereocenters. The van der Waals surface area contributed by atoms with Gasteiger partial charge in [-0.3, -0.25) is 9.59 Å². The van der Waals surface area contributed by atoms with Crippen LogP contribution < -0.4 is 5.32 Å². The summed E-state index contributed by atoms with van der Waals surface area (Å²) in [6.07, 6.45) is -0.814.